The minimum atomic E-state index is -0.119. The number of rotatable bonds is 3. The van der Waals surface area contributed by atoms with E-state index in [1.807, 2.05) is 24.3 Å². The maximum Gasteiger partial charge on any atom is 0.246 e. The van der Waals surface area contributed by atoms with Crippen molar-refractivity contribution in [1.29, 1.82) is 0 Å². The number of aromatic nitrogens is 2. The normalized spacial score (nSPS) is 15.3. The van der Waals surface area contributed by atoms with Gasteiger partial charge in [0.25, 0.3) is 0 Å². The monoisotopic (exact) mass is 310 g/mol. The molecule has 1 aliphatic heterocycles. The summed E-state index contributed by atoms with van der Waals surface area (Å²) in [5.41, 5.74) is 1.91. The minimum Gasteiger partial charge on any atom is -0.366 e. The van der Waals surface area contributed by atoms with Gasteiger partial charge in [0.05, 0.1) is 17.4 Å². The van der Waals surface area contributed by atoms with E-state index in [-0.39, 0.29) is 11.7 Å². The number of fused-ring (bicyclic) bond motifs is 1. The lowest BCUT2D eigenvalue weighted by Crippen LogP contribution is -2.48. The molecular weight excluding hydrogens is 292 g/mol. The highest BCUT2D eigenvalue weighted by molar-refractivity contribution is 5.96. The van der Waals surface area contributed by atoms with Crippen LogP contribution in [0.5, 0.6) is 0 Å². The molecular formula is C17H18N4O2. The summed E-state index contributed by atoms with van der Waals surface area (Å²) in [6.07, 6.45) is 4.44. The van der Waals surface area contributed by atoms with E-state index in [0.717, 1.165) is 29.7 Å². The van der Waals surface area contributed by atoms with E-state index < -0.39 is 0 Å². The van der Waals surface area contributed by atoms with E-state index in [1.54, 1.807) is 11.1 Å². The van der Waals surface area contributed by atoms with Crippen LogP contribution in [0.2, 0.25) is 0 Å². The van der Waals surface area contributed by atoms with E-state index in [2.05, 4.69) is 15.1 Å². The Labute approximate surface area is 134 Å². The van der Waals surface area contributed by atoms with Gasteiger partial charge in [-0.05, 0) is 19.1 Å². The molecule has 0 unspecified atom stereocenters. The Kier molecular flexibility index (Phi) is 4.32. The molecule has 1 amide bonds. The topological polar surface area (TPSA) is 66.4 Å². The highest BCUT2D eigenvalue weighted by Gasteiger charge is 2.21. The summed E-state index contributed by atoms with van der Waals surface area (Å²) < 4.78 is 0. The predicted molar refractivity (Wildman–Crippen MR) is 88.2 cm³/mol. The van der Waals surface area contributed by atoms with Crippen molar-refractivity contribution in [1.82, 2.24) is 15.1 Å². The Hall–Kier alpha value is -2.76. The zero-order valence-corrected chi connectivity index (χ0v) is 13.0. The van der Waals surface area contributed by atoms with Crippen LogP contribution in [0, 0.1) is 0 Å². The molecule has 0 spiro atoms. The fourth-order valence-electron chi connectivity index (χ4n) is 2.71. The van der Waals surface area contributed by atoms with Crippen molar-refractivity contribution in [3.05, 3.63) is 42.6 Å². The number of amides is 1. The number of piperazine rings is 1. The molecule has 1 saturated heterocycles. The zero-order valence-electron chi connectivity index (χ0n) is 13.0. The Morgan fingerprint density at radius 3 is 2.57 bits per heavy atom. The second-order valence-corrected chi connectivity index (χ2v) is 5.50. The third-order valence-corrected chi connectivity index (χ3v) is 3.92. The van der Waals surface area contributed by atoms with Crippen LogP contribution >= 0.6 is 0 Å². The van der Waals surface area contributed by atoms with Crippen molar-refractivity contribution < 1.29 is 9.59 Å². The first-order chi connectivity index (χ1) is 11.1. The molecule has 0 atom stereocenters. The third-order valence-electron chi connectivity index (χ3n) is 3.92. The lowest BCUT2D eigenvalue weighted by Gasteiger charge is -2.35. The summed E-state index contributed by atoms with van der Waals surface area (Å²) in [6.45, 7) is 4.14. The van der Waals surface area contributed by atoms with Crippen LogP contribution in [0.1, 0.15) is 6.92 Å². The fourth-order valence-corrected chi connectivity index (χ4v) is 2.71. The van der Waals surface area contributed by atoms with Crippen LogP contribution < -0.4 is 4.90 Å². The van der Waals surface area contributed by atoms with Gasteiger partial charge in [-0.15, -0.1) is 0 Å². The molecule has 1 aromatic heterocycles. The lowest BCUT2D eigenvalue weighted by molar-refractivity contribution is -0.126. The summed E-state index contributed by atoms with van der Waals surface area (Å²) in [5, 5.41) is 9.28. The van der Waals surface area contributed by atoms with Gasteiger partial charge in [0, 0.05) is 37.6 Å². The first kappa shape index (κ1) is 15.1. The maximum atomic E-state index is 12.0. The molecule has 1 aliphatic rings. The molecule has 0 radical (unpaired) electrons. The fraction of sp³-hybridized carbons (Fsp3) is 0.294. The summed E-state index contributed by atoms with van der Waals surface area (Å²) >= 11 is 0. The Balaban J connectivity index is 1.71. The molecule has 118 valence electrons. The SMILES string of the molecule is CC(=O)C=CC(=O)N1CCN(c2cnnc3ccccc23)CC1. The number of allylic oxidation sites excluding steroid dienone is 1. The molecule has 23 heavy (non-hydrogen) atoms. The molecule has 3 rings (SSSR count). The standard InChI is InChI=1S/C17H18N4O2/c1-13(22)6-7-17(23)21-10-8-20(9-11-21)16-12-18-19-15-5-3-2-4-14(15)16/h2-7,12H,8-11H2,1H3. The van der Waals surface area contributed by atoms with Gasteiger partial charge in [-0.25, -0.2) is 0 Å². The molecule has 0 saturated carbocycles. The highest BCUT2D eigenvalue weighted by atomic mass is 16.2. The van der Waals surface area contributed by atoms with E-state index in [9.17, 15) is 9.59 Å². The maximum absolute atomic E-state index is 12.0. The number of anilines is 1. The lowest BCUT2D eigenvalue weighted by atomic mass is 10.1. The Morgan fingerprint density at radius 2 is 1.83 bits per heavy atom. The number of carbonyl (C=O) groups is 2. The minimum absolute atomic E-state index is 0.113. The van der Waals surface area contributed by atoms with Gasteiger partial charge in [0.1, 0.15) is 0 Å². The molecule has 2 aromatic rings. The molecule has 2 heterocycles. The Morgan fingerprint density at radius 1 is 1.09 bits per heavy atom. The van der Waals surface area contributed by atoms with Gasteiger partial charge in [-0.1, -0.05) is 18.2 Å². The quantitative estimate of drug-likeness (QED) is 0.802. The van der Waals surface area contributed by atoms with Crippen molar-refractivity contribution >= 4 is 28.3 Å². The summed E-state index contributed by atoms with van der Waals surface area (Å²) in [7, 11) is 0. The number of carbonyl (C=O) groups excluding carboxylic acids is 2. The van der Waals surface area contributed by atoms with E-state index in [1.165, 1.54) is 19.1 Å². The molecule has 0 bridgehead atoms. The van der Waals surface area contributed by atoms with Crippen molar-refractivity contribution in [2.45, 2.75) is 6.92 Å². The molecule has 6 heteroatoms. The van der Waals surface area contributed by atoms with E-state index in [0.29, 0.717) is 13.1 Å². The number of nitrogens with zero attached hydrogens (tertiary/aromatic N) is 4. The van der Waals surface area contributed by atoms with Crippen LogP contribution in [-0.2, 0) is 9.59 Å². The van der Waals surface area contributed by atoms with Crippen LogP contribution in [0.15, 0.2) is 42.6 Å². The molecule has 0 N–H and O–H groups in total. The van der Waals surface area contributed by atoms with Crippen molar-refractivity contribution in [3.63, 3.8) is 0 Å². The summed E-state index contributed by atoms with van der Waals surface area (Å²) in [4.78, 5) is 26.9. The number of ketones is 1. The Bertz CT molecular complexity index is 759. The van der Waals surface area contributed by atoms with Crippen LogP contribution in [0.4, 0.5) is 5.69 Å². The average molecular weight is 310 g/mol. The van der Waals surface area contributed by atoms with Gasteiger partial charge < -0.3 is 9.80 Å². The van der Waals surface area contributed by atoms with Gasteiger partial charge >= 0.3 is 0 Å². The number of benzene rings is 1. The third kappa shape index (κ3) is 3.36. The van der Waals surface area contributed by atoms with Crippen LogP contribution in [0.25, 0.3) is 10.9 Å². The first-order valence-electron chi connectivity index (χ1n) is 7.58. The van der Waals surface area contributed by atoms with Gasteiger partial charge in [-0.3, -0.25) is 9.59 Å². The van der Waals surface area contributed by atoms with Crippen molar-refractivity contribution in [2.75, 3.05) is 31.1 Å². The average Bonchev–Trinajstić information content (AvgIpc) is 2.59. The molecule has 1 fully saturated rings. The second-order valence-electron chi connectivity index (χ2n) is 5.50. The van der Waals surface area contributed by atoms with Gasteiger partial charge in [0.2, 0.25) is 5.91 Å². The predicted octanol–water partition coefficient (Wildman–Crippen LogP) is 1.42. The molecule has 6 nitrogen and oxygen atoms in total. The van der Waals surface area contributed by atoms with Crippen LogP contribution in [-0.4, -0.2) is 53.0 Å². The van der Waals surface area contributed by atoms with E-state index in [4.69, 9.17) is 0 Å². The van der Waals surface area contributed by atoms with Gasteiger partial charge in [0.15, 0.2) is 5.78 Å². The molecule has 1 aromatic carbocycles. The van der Waals surface area contributed by atoms with Crippen molar-refractivity contribution in [2.24, 2.45) is 0 Å². The highest BCUT2D eigenvalue weighted by Crippen LogP contribution is 2.24. The number of hydrogen-bond acceptors (Lipinski definition) is 5. The largest absolute Gasteiger partial charge is 0.366 e. The summed E-state index contributed by atoms with van der Waals surface area (Å²) in [5.74, 6) is -0.233. The smallest absolute Gasteiger partial charge is 0.246 e. The molecule has 0 aliphatic carbocycles. The first-order valence-corrected chi connectivity index (χ1v) is 7.58. The zero-order chi connectivity index (χ0) is 16.2. The number of hydrogen-bond donors (Lipinski definition) is 0. The van der Waals surface area contributed by atoms with E-state index >= 15 is 0 Å². The second kappa shape index (κ2) is 6.56. The van der Waals surface area contributed by atoms with Gasteiger partial charge in [-0.2, -0.15) is 10.2 Å². The van der Waals surface area contributed by atoms with Crippen molar-refractivity contribution in [3.8, 4) is 0 Å². The van der Waals surface area contributed by atoms with Crippen LogP contribution in [0.3, 0.4) is 0 Å². The summed E-state index contributed by atoms with van der Waals surface area (Å²) in [6, 6.07) is 7.91.